The summed E-state index contributed by atoms with van der Waals surface area (Å²) in [5.41, 5.74) is 4.87. The highest BCUT2D eigenvalue weighted by Gasteiger charge is 2.32. The van der Waals surface area contributed by atoms with Gasteiger partial charge in [0.15, 0.2) is 0 Å². The van der Waals surface area contributed by atoms with E-state index in [1.807, 2.05) is 6.07 Å². The van der Waals surface area contributed by atoms with Crippen molar-refractivity contribution < 1.29 is 4.79 Å². The van der Waals surface area contributed by atoms with Crippen LogP contribution in [0, 0.1) is 0 Å². The van der Waals surface area contributed by atoms with Crippen LogP contribution < -0.4 is 5.32 Å². The Labute approximate surface area is 89.0 Å². The molecule has 0 radical (unpaired) electrons. The summed E-state index contributed by atoms with van der Waals surface area (Å²) in [5.74, 6) is 0.131. The Hall–Kier alpha value is -1.57. The van der Waals surface area contributed by atoms with E-state index in [1.165, 1.54) is 16.7 Å². The van der Waals surface area contributed by atoms with Crippen molar-refractivity contribution in [1.82, 2.24) is 5.32 Å². The molecule has 0 aromatic heterocycles. The van der Waals surface area contributed by atoms with Crippen molar-refractivity contribution in [3.63, 3.8) is 0 Å². The molecule has 0 bridgehead atoms. The lowest BCUT2D eigenvalue weighted by Gasteiger charge is -2.19. The Morgan fingerprint density at radius 2 is 2.07 bits per heavy atom. The molecule has 1 aromatic carbocycles. The molecule has 0 saturated heterocycles. The smallest absolute Gasteiger partial charge is 0.248 e. The quantitative estimate of drug-likeness (QED) is 0.679. The molecule has 2 aliphatic rings. The number of amides is 1. The lowest BCUT2D eigenvalue weighted by molar-refractivity contribution is -0.117. The molecule has 1 unspecified atom stereocenters. The van der Waals surface area contributed by atoms with Crippen LogP contribution in [0.15, 0.2) is 29.8 Å². The van der Waals surface area contributed by atoms with Crippen molar-refractivity contribution in [3.8, 4) is 0 Å². The van der Waals surface area contributed by atoms with Crippen molar-refractivity contribution in [2.45, 2.75) is 25.8 Å². The number of aryl methyl sites for hydroxylation is 1. The molecule has 0 saturated carbocycles. The number of hydrogen-bond donors (Lipinski definition) is 1. The minimum atomic E-state index is 0.131. The fraction of sp³-hybridized carbons (Fsp3) is 0.308. The predicted octanol–water partition coefficient (Wildman–Crippen LogP) is 1.90. The van der Waals surface area contributed by atoms with Crippen LogP contribution in [0.2, 0.25) is 0 Å². The van der Waals surface area contributed by atoms with Crippen molar-refractivity contribution in [2.24, 2.45) is 0 Å². The largest absolute Gasteiger partial charge is 0.346 e. The van der Waals surface area contributed by atoms with E-state index in [0.717, 1.165) is 18.4 Å². The van der Waals surface area contributed by atoms with Gasteiger partial charge in [0.2, 0.25) is 5.91 Å². The highest BCUT2D eigenvalue weighted by molar-refractivity contribution is 6.08. The van der Waals surface area contributed by atoms with E-state index in [2.05, 4.69) is 30.4 Å². The van der Waals surface area contributed by atoms with Gasteiger partial charge in [-0.05, 0) is 36.5 Å². The molecule has 2 nitrogen and oxygen atoms in total. The molecule has 15 heavy (non-hydrogen) atoms. The molecule has 76 valence electrons. The molecular formula is C13H13NO. The van der Waals surface area contributed by atoms with Gasteiger partial charge < -0.3 is 5.32 Å². The molecule has 1 amide bonds. The first kappa shape index (κ1) is 8.72. The molecule has 1 N–H and O–H groups in total. The number of carbonyl (C=O) groups excluding carboxylic acids is 1. The van der Waals surface area contributed by atoms with E-state index in [9.17, 15) is 4.79 Å². The maximum absolute atomic E-state index is 11.7. The summed E-state index contributed by atoms with van der Waals surface area (Å²) in [7, 11) is 0. The predicted molar refractivity (Wildman–Crippen MR) is 59.3 cm³/mol. The molecule has 1 aromatic rings. The molecule has 1 aliphatic carbocycles. The van der Waals surface area contributed by atoms with Gasteiger partial charge in [0.1, 0.15) is 0 Å². The van der Waals surface area contributed by atoms with Crippen LogP contribution in [0.5, 0.6) is 0 Å². The second-order valence-corrected chi connectivity index (χ2v) is 4.24. The van der Waals surface area contributed by atoms with E-state index in [-0.39, 0.29) is 11.9 Å². The van der Waals surface area contributed by atoms with Crippen LogP contribution in [0.1, 0.15) is 24.5 Å². The van der Waals surface area contributed by atoms with Gasteiger partial charge in [-0.3, -0.25) is 4.79 Å². The van der Waals surface area contributed by atoms with Gasteiger partial charge in [-0.2, -0.15) is 0 Å². The van der Waals surface area contributed by atoms with Gasteiger partial charge in [0.05, 0.1) is 6.04 Å². The number of carbonyl (C=O) groups is 1. The Bertz CT molecular complexity index is 473. The van der Waals surface area contributed by atoms with Crippen LogP contribution >= 0.6 is 0 Å². The first-order valence-corrected chi connectivity index (χ1v) is 5.39. The van der Waals surface area contributed by atoms with E-state index in [1.54, 1.807) is 0 Å². The minimum Gasteiger partial charge on any atom is -0.346 e. The summed E-state index contributed by atoms with van der Waals surface area (Å²) in [6.07, 6.45) is 1.89. The normalized spacial score (nSPS) is 23.5. The number of benzene rings is 1. The number of nitrogens with one attached hydrogen (secondary N) is 1. The number of fused-ring (bicyclic) bond motifs is 2. The van der Waals surface area contributed by atoms with E-state index in [4.69, 9.17) is 0 Å². The van der Waals surface area contributed by atoms with Gasteiger partial charge in [0, 0.05) is 5.57 Å². The van der Waals surface area contributed by atoms with E-state index >= 15 is 0 Å². The summed E-state index contributed by atoms with van der Waals surface area (Å²) < 4.78 is 0. The zero-order valence-electron chi connectivity index (χ0n) is 8.71. The first-order chi connectivity index (χ1) is 7.27. The Morgan fingerprint density at radius 1 is 1.27 bits per heavy atom. The standard InChI is InChI=1S/C13H13NO/c1-8-12-10-5-3-2-4-9(10)6-7-11(12)13(15)14-8/h2-5,8H,6-7H2,1H3,(H,14,15). The minimum absolute atomic E-state index is 0.131. The van der Waals surface area contributed by atoms with Crippen molar-refractivity contribution in [1.29, 1.82) is 0 Å². The molecule has 1 heterocycles. The lowest BCUT2D eigenvalue weighted by atomic mass is 9.85. The lowest BCUT2D eigenvalue weighted by Crippen LogP contribution is -2.25. The Morgan fingerprint density at radius 3 is 2.93 bits per heavy atom. The summed E-state index contributed by atoms with van der Waals surface area (Å²) in [5, 5.41) is 2.99. The van der Waals surface area contributed by atoms with Crippen molar-refractivity contribution >= 4 is 11.5 Å². The first-order valence-electron chi connectivity index (χ1n) is 5.39. The fourth-order valence-corrected chi connectivity index (χ4v) is 2.64. The third kappa shape index (κ3) is 1.14. The molecule has 1 aliphatic heterocycles. The maximum atomic E-state index is 11.7. The van der Waals surface area contributed by atoms with Crippen molar-refractivity contribution in [2.75, 3.05) is 0 Å². The van der Waals surface area contributed by atoms with Crippen LogP contribution in [0.3, 0.4) is 0 Å². The Balaban J connectivity index is 2.22. The average Bonchev–Trinajstić information content (AvgIpc) is 2.55. The zero-order valence-corrected chi connectivity index (χ0v) is 8.71. The second-order valence-electron chi connectivity index (χ2n) is 4.24. The fourth-order valence-electron chi connectivity index (χ4n) is 2.64. The van der Waals surface area contributed by atoms with Gasteiger partial charge in [-0.15, -0.1) is 0 Å². The monoisotopic (exact) mass is 199 g/mol. The van der Waals surface area contributed by atoms with Gasteiger partial charge in [0.25, 0.3) is 0 Å². The van der Waals surface area contributed by atoms with Crippen molar-refractivity contribution in [3.05, 3.63) is 41.0 Å². The Kier molecular flexibility index (Phi) is 1.72. The zero-order chi connectivity index (χ0) is 10.4. The van der Waals surface area contributed by atoms with Gasteiger partial charge in [-0.1, -0.05) is 24.3 Å². The summed E-state index contributed by atoms with van der Waals surface area (Å²) in [6, 6.07) is 8.58. The summed E-state index contributed by atoms with van der Waals surface area (Å²) in [4.78, 5) is 11.7. The third-order valence-electron chi connectivity index (χ3n) is 3.33. The SMILES string of the molecule is CC1NC(=O)C2=C1c1ccccc1CC2. The van der Waals surface area contributed by atoms with Crippen LogP contribution in [-0.2, 0) is 11.2 Å². The van der Waals surface area contributed by atoms with E-state index < -0.39 is 0 Å². The highest BCUT2D eigenvalue weighted by atomic mass is 16.2. The van der Waals surface area contributed by atoms with Crippen LogP contribution in [-0.4, -0.2) is 11.9 Å². The molecule has 2 heteroatoms. The summed E-state index contributed by atoms with van der Waals surface area (Å²) in [6.45, 7) is 2.06. The molecule has 3 rings (SSSR count). The molecule has 0 spiro atoms. The van der Waals surface area contributed by atoms with E-state index in [0.29, 0.717) is 0 Å². The highest BCUT2D eigenvalue weighted by Crippen LogP contribution is 2.36. The maximum Gasteiger partial charge on any atom is 0.248 e. The average molecular weight is 199 g/mol. The van der Waals surface area contributed by atoms with Gasteiger partial charge in [-0.25, -0.2) is 0 Å². The summed E-state index contributed by atoms with van der Waals surface area (Å²) >= 11 is 0. The van der Waals surface area contributed by atoms with Crippen LogP contribution in [0.25, 0.3) is 5.57 Å². The molecule has 1 atom stereocenters. The van der Waals surface area contributed by atoms with Crippen LogP contribution in [0.4, 0.5) is 0 Å². The molecule has 0 fully saturated rings. The third-order valence-corrected chi connectivity index (χ3v) is 3.33. The second kappa shape index (κ2) is 2.96. The molecular weight excluding hydrogens is 186 g/mol. The topological polar surface area (TPSA) is 29.1 Å². The number of hydrogen-bond acceptors (Lipinski definition) is 1. The van der Waals surface area contributed by atoms with Gasteiger partial charge >= 0.3 is 0 Å². The number of rotatable bonds is 0.